The zero-order chi connectivity index (χ0) is 20.6. The maximum atomic E-state index is 12.6. The first kappa shape index (κ1) is 21.4. The molecule has 28 heavy (non-hydrogen) atoms. The zero-order valence-electron chi connectivity index (χ0n) is 17.0. The fraction of sp³-hybridized carbons (Fsp3) is 0.409. The monoisotopic (exact) mass is 384 g/mol. The minimum atomic E-state index is -0.628. The first-order valence-electron chi connectivity index (χ1n) is 9.39. The van der Waals surface area contributed by atoms with Gasteiger partial charge in [0.25, 0.3) is 0 Å². The van der Waals surface area contributed by atoms with Crippen molar-refractivity contribution in [2.75, 3.05) is 6.54 Å². The van der Waals surface area contributed by atoms with Crippen LogP contribution in [0, 0.1) is 0 Å². The van der Waals surface area contributed by atoms with Crippen LogP contribution in [0.25, 0.3) is 0 Å². The third-order valence-corrected chi connectivity index (χ3v) is 3.78. The van der Waals surface area contributed by atoms with Crippen LogP contribution in [-0.2, 0) is 33.8 Å². The summed E-state index contributed by atoms with van der Waals surface area (Å²) in [7, 11) is 0. The van der Waals surface area contributed by atoms with Crippen molar-refractivity contribution in [3.05, 3.63) is 65.5 Å². The number of rotatable bonds is 7. The van der Waals surface area contributed by atoms with E-state index in [2.05, 4.69) is 4.98 Å². The maximum absolute atomic E-state index is 12.6. The number of carbonyl (C=O) groups is 2. The highest BCUT2D eigenvalue weighted by atomic mass is 16.6. The number of ether oxygens (including phenoxy) is 2. The number of hydrogen-bond acceptors (Lipinski definition) is 5. The van der Waals surface area contributed by atoms with E-state index < -0.39 is 17.7 Å². The summed E-state index contributed by atoms with van der Waals surface area (Å²) in [6.45, 7) is 7.47. The number of carbonyl (C=O) groups excluding carboxylic acids is 2. The molecular formula is C22H28N2O4. The van der Waals surface area contributed by atoms with Crippen LogP contribution in [0.1, 0.15) is 44.6 Å². The quantitative estimate of drug-likeness (QED) is 0.672. The molecule has 1 amide bonds. The average molecular weight is 384 g/mol. The molecule has 2 aromatic rings. The number of aromatic nitrogens is 1. The molecule has 150 valence electrons. The molecule has 0 spiro atoms. The zero-order valence-corrected chi connectivity index (χ0v) is 17.0. The second-order valence-corrected chi connectivity index (χ2v) is 7.46. The first-order valence-corrected chi connectivity index (χ1v) is 9.39. The van der Waals surface area contributed by atoms with Gasteiger partial charge in [0.1, 0.15) is 18.8 Å². The largest absolute Gasteiger partial charge is 0.459 e. The summed E-state index contributed by atoms with van der Waals surface area (Å²) in [5.74, 6) is -0.490. The molecule has 1 aromatic carbocycles. The molecule has 0 aliphatic heterocycles. The number of nitrogens with zero attached hydrogens (tertiary/aromatic N) is 2. The Labute approximate surface area is 166 Å². The molecule has 0 unspecified atom stereocenters. The van der Waals surface area contributed by atoms with E-state index in [1.807, 2.05) is 55.5 Å². The molecule has 0 saturated carbocycles. The summed E-state index contributed by atoms with van der Waals surface area (Å²) in [6, 6.07) is 15.0. The molecule has 6 nitrogen and oxygen atoms in total. The van der Waals surface area contributed by atoms with E-state index in [1.54, 1.807) is 20.8 Å². The van der Waals surface area contributed by atoms with Gasteiger partial charge >= 0.3 is 12.1 Å². The van der Waals surface area contributed by atoms with Crippen LogP contribution in [0.2, 0.25) is 0 Å². The lowest BCUT2D eigenvalue weighted by atomic mass is 10.2. The van der Waals surface area contributed by atoms with Crippen molar-refractivity contribution in [3.8, 4) is 0 Å². The number of benzene rings is 1. The molecule has 0 bridgehead atoms. The number of amides is 1. The molecule has 2 rings (SSSR count). The van der Waals surface area contributed by atoms with E-state index in [-0.39, 0.29) is 19.7 Å². The van der Waals surface area contributed by atoms with Crippen molar-refractivity contribution >= 4 is 12.1 Å². The second-order valence-electron chi connectivity index (χ2n) is 7.46. The molecule has 0 radical (unpaired) electrons. The van der Waals surface area contributed by atoms with Crippen LogP contribution < -0.4 is 0 Å². The minimum absolute atomic E-state index is 0.132. The molecule has 0 saturated heterocycles. The van der Waals surface area contributed by atoms with Crippen molar-refractivity contribution in [3.63, 3.8) is 0 Å². The van der Waals surface area contributed by atoms with Gasteiger partial charge in [-0.25, -0.2) is 4.79 Å². The van der Waals surface area contributed by atoms with E-state index in [9.17, 15) is 9.59 Å². The van der Waals surface area contributed by atoms with Crippen LogP contribution in [0.5, 0.6) is 0 Å². The van der Waals surface area contributed by atoms with E-state index in [1.165, 1.54) is 4.90 Å². The third kappa shape index (κ3) is 7.39. The SMILES string of the molecule is CCc1cccc(CN(CC(=O)OC(C)(C)C)C(=O)OCc2ccccc2)n1. The van der Waals surface area contributed by atoms with E-state index in [4.69, 9.17) is 9.47 Å². The average Bonchev–Trinajstić information content (AvgIpc) is 2.65. The first-order chi connectivity index (χ1) is 13.3. The molecule has 1 heterocycles. The Morgan fingerprint density at radius 3 is 2.32 bits per heavy atom. The number of esters is 1. The number of aryl methyl sites for hydroxylation is 1. The van der Waals surface area contributed by atoms with Crippen LogP contribution in [0.4, 0.5) is 4.79 Å². The summed E-state index contributed by atoms with van der Waals surface area (Å²) >= 11 is 0. The molecule has 0 aliphatic carbocycles. The summed E-state index contributed by atoms with van der Waals surface area (Å²) in [6.07, 6.45) is 0.205. The predicted molar refractivity (Wildman–Crippen MR) is 106 cm³/mol. The van der Waals surface area contributed by atoms with E-state index in [0.29, 0.717) is 5.69 Å². The van der Waals surface area contributed by atoms with Gasteiger partial charge in [-0.3, -0.25) is 14.7 Å². The Balaban J connectivity index is 2.09. The Kier molecular flexibility index (Phi) is 7.55. The minimum Gasteiger partial charge on any atom is -0.459 e. The Morgan fingerprint density at radius 2 is 1.68 bits per heavy atom. The van der Waals surface area contributed by atoms with Crippen LogP contribution in [-0.4, -0.2) is 34.1 Å². The molecule has 0 fully saturated rings. The highest BCUT2D eigenvalue weighted by Gasteiger charge is 2.24. The Bertz CT molecular complexity index is 785. The van der Waals surface area contributed by atoms with Crippen LogP contribution in [0.15, 0.2) is 48.5 Å². The highest BCUT2D eigenvalue weighted by Crippen LogP contribution is 2.11. The van der Waals surface area contributed by atoms with Crippen molar-refractivity contribution < 1.29 is 19.1 Å². The lowest BCUT2D eigenvalue weighted by Gasteiger charge is -2.24. The maximum Gasteiger partial charge on any atom is 0.410 e. The van der Waals surface area contributed by atoms with Crippen molar-refractivity contribution in [1.82, 2.24) is 9.88 Å². The van der Waals surface area contributed by atoms with Crippen LogP contribution in [0.3, 0.4) is 0 Å². The highest BCUT2D eigenvalue weighted by molar-refractivity contribution is 5.78. The predicted octanol–water partition coefficient (Wildman–Crippen LogP) is 4.12. The summed E-state index contributed by atoms with van der Waals surface area (Å²) in [5.41, 5.74) is 1.86. The van der Waals surface area contributed by atoms with Gasteiger partial charge in [0.05, 0.1) is 12.2 Å². The van der Waals surface area contributed by atoms with Crippen molar-refractivity contribution in [2.24, 2.45) is 0 Å². The van der Waals surface area contributed by atoms with Gasteiger partial charge in [-0.1, -0.05) is 43.3 Å². The van der Waals surface area contributed by atoms with Gasteiger partial charge in [-0.05, 0) is 44.9 Å². The van der Waals surface area contributed by atoms with Gasteiger partial charge in [0.15, 0.2) is 0 Å². The normalized spacial score (nSPS) is 11.0. The molecule has 1 aromatic heterocycles. The van der Waals surface area contributed by atoms with E-state index in [0.717, 1.165) is 17.7 Å². The molecule has 0 aliphatic rings. The van der Waals surface area contributed by atoms with Crippen molar-refractivity contribution in [2.45, 2.75) is 52.9 Å². The van der Waals surface area contributed by atoms with Gasteiger partial charge < -0.3 is 9.47 Å². The van der Waals surface area contributed by atoms with Crippen molar-refractivity contribution in [1.29, 1.82) is 0 Å². The van der Waals surface area contributed by atoms with Gasteiger partial charge in [-0.15, -0.1) is 0 Å². The summed E-state index contributed by atoms with van der Waals surface area (Å²) < 4.78 is 10.8. The summed E-state index contributed by atoms with van der Waals surface area (Å²) in [5, 5.41) is 0. The second kappa shape index (κ2) is 9.88. The van der Waals surface area contributed by atoms with E-state index >= 15 is 0 Å². The van der Waals surface area contributed by atoms with Crippen LogP contribution >= 0.6 is 0 Å². The van der Waals surface area contributed by atoms with Gasteiger partial charge in [0, 0.05) is 5.69 Å². The standard InChI is InChI=1S/C22H28N2O4/c1-5-18-12-9-13-19(23-18)14-24(15-20(25)28-22(2,3)4)21(26)27-16-17-10-7-6-8-11-17/h6-13H,5,14-16H2,1-4H3. The summed E-state index contributed by atoms with van der Waals surface area (Å²) in [4.78, 5) is 30.7. The molecular weight excluding hydrogens is 356 g/mol. The van der Waals surface area contributed by atoms with Gasteiger partial charge in [-0.2, -0.15) is 0 Å². The molecule has 0 atom stereocenters. The smallest absolute Gasteiger partial charge is 0.410 e. The lowest BCUT2D eigenvalue weighted by Crippen LogP contribution is -2.38. The Hall–Kier alpha value is -2.89. The third-order valence-electron chi connectivity index (χ3n) is 3.78. The Morgan fingerprint density at radius 1 is 1.00 bits per heavy atom. The lowest BCUT2D eigenvalue weighted by molar-refractivity contribution is -0.155. The topological polar surface area (TPSA) is 68.7 Å². The number of hydrogen-bond donors (Lipinski definition) is 0. The fourth-order valence-corrected chi connectivity index (χ4v) is 2.53. The number of pyridine rings is 1. The molecule has 0 N–H and O–H groups in total. The fourth-order valence-electron chi connectivity index (χ4n) is 2.53. The van der Waals surface area contributed by atoms with Gasteiger partial charge in [0.2, 0.25) is 0 Å². The molecule has 6 heteroatoms.